The molecule has 20 heavy (non-hydrogen) atoms. The van der Waals surface area contributed by atoms with E-state index in [4.69, 9.17) is 0 Å². The molecule has 0 bridgehead atoms. The molecule has 2 fully saturated rings. The molecular weight excluding hydrogens is 250 g/mol. The van der Waals surface area contributed by atoms with Crippen molar-refractivity contribution < 1.29 is 4.79 Å². The molecule has 1 atom stereocenters. The van der Waals surface area contributed by atoms with Crippen LogP contribution in [-0.2, 0) is 0 Å². The largest absolute Gasteiger partial charge is 0.336 e. The third-order valence-electron chi connectivity index (χ3n) is 4.36. The summed E-state index contributed by atoms with van der Waals surface area (Å²) in [5.41, 5.74) is 1.30. The van der Waals surface area contributed by atoms with Gasteiger partial charge in [0.25, 0.3) is 0 Å². The fourth-order valence-corrected chi connectivity index (χ4v) is 3.00. The molecule has 2 saturated heterocycles. The molecule has 108 valence electrons. The van der Waals surface area contributed by atoms with Crippen LogP contribution in [0.5, 0.6) is 0 Å². The van der Waals surface area contributed by atoms with Gasteiger partial charge in [-0.3, -0.25) is 4.90 Å². The van der Waals surface area contributed by atoms with E-state index in [2.05, 4.69) is 34.5 Å². The minimum atomic E-state index is 0.0939. The second kappa shape index (κ2) is 6.27. The summed E-state index contributed by atoms with van der Waals surface area (Å²) in [4.78, 5) is 16.3. The van der Waals surface area contributed by atoms with E-state index in [1.165, 1.54) is 18.4 Å². The Kier molecular flexibility index (Phi) is 4.21. The van der Waals surface area contributed by atoms with Crippen LogP contribution in [0.2, 0.25) is 0 Å². The fraction of sp³-hybridized carbons (Fsp3) is 0.562. The Morgan fingerprint density at radius 2 is 1.75 bits per heavy atom. The zero-order chi connectivity index (χ0) is 13.8. The van der Waals surface area contributed by atoms with Crippen molar-refractivity contribution in [1.82, 2.24) is 15.1 Å². The summed E-state index contributed by atoms with van der Waals surface area (Å²) >= 11 is 0. The van der Waals surface area contributed by atoms with Crippen molar-refractivity contribution in [1.29, 1.82) is 0 Å². The van der Waals surface area contributed by atoms with Crippen molar-refractivity contribution in [3.05, 3.63) is 35.9 Å². The van der Waals surface area contributed by atoms with Crippen molar-refractivity contribution in [2.24, 2.45) is 0 Å². The lowest BCUT2D eigenvalue weighted by atomic mass is 10.1. The summed E-state index contributed by atoms with van der Waals surface area (Å²) < 4.78 is 0. The van der Waals surface area contributed by atoms with Crippen LogP contribution in [0, 0.1) is 0 Å². The van der Waals surface area contributed by atoms with E-state index < -0.39 is 0 Å². The van der Waals surface area contributed by atoms with Gasteiger partial charge in [0.1, 0.15) is 0 Å². The summed E-state index contributed by atoms with van der Waals surface area (Å²) in [7, 11) is 0. The molecule has 1 aromatic carbocycles. The highest BCUT2D eigenvalue weighted by Crippen LogP contribution is 2.24. The van der Waals surface area contributed by atoms with Crippen LogP contribution in [0.3, 0.4) is 0 Å². The number of likely N-dealkylation sites (tertiary alicyclic amines) is 2. The molecule has 2 amide bonds. The quantitative estimate of drug-likeness (QED) is 0.913. The molecule has 1 unspecified atom stereocenters. The third-order valence-corrected chi connectivity index (χ3v) is 4.36. The summed E-state index contributed by atoms with van der Waals surface area (Å²) in [5.74, 6) is 0. The zero-order valence-corrected chi connectivity index (χ0v) is 11.9. The average molecular weight is 273 g/mol. The van der Waals surface area contributed by atoms with Crippen LogP contribution < -0.4 is 5.32 Å². The first-order valence-corrected chi connectivity index (χ1v) is 7.66. The molecule has 0 spiro atoms. The van der Waals surface area contributed by atoms with Gasteiger partial charge in [-0.1, -0.05) is 30.3 Å². The summed E-state index contributed by atoms with van der Waals surface area (Å²) in [6.07, 6.45) is 3.68. The van der Waals surface area contributed by atoms with E-state index >= 15 is 0 Å². The van der Waals surface area contributed by atoms with Crippen LogP contribution in [-0.4, -0.2) is 48.6 Å². The van der Waals surface area contributed by atoms with Gasteiger partial charge in [0.15, 0.2) is 0 Å². The maximum atomic E-state index is 12.0. The minimum absolute atomic E-state index is 0.0939. The minimum Gasteiger partial charge on any atom is -0.336 e. The standard InChI is InChI=1S/C16H23N3O/c20-16(19-11-6-12-19)17-13-15(18-9-4-5-10-18)14-7-2-1-3-8-14/h1-3,7-8,15H,4-6,9-13H2,(H,17,20). The van der Waals surface area contributed by atoms with Crippen molar-refractivity contribution in [3.8, 4) is 0 Å². The number of hydrogen-bond acceptors (Lipinski definition) is 2. The zero-order valence-electron chi connectivity index (χ0n) is 11.9. The Hall–Kier alpha value is -1.55. The molecule has 2 heterocycles. The maximum Gasteiger partial charge on any atom is 0.317 e. The highest BCUT2D eigenvalue weighted by atomic mass is 16.2. The number of carbonyl (C=O) groups excluding carboxylic acids is 1. The summed E-state index contributed by atoms with van der Waals surface area (Å²) in [6, 6.07) is 10.9. The number of rotatable bonds is 4. The lowest BCUT2D eigenvalue weighted by Gasteiger charge is -2.33. The van der Waals surface area contributed by atoms with E-state index in [9.17, 15) is 4.79 Å². The van der Waals surface area contributed by atoms with Crippen LogP contribution >= 0.6 is 0 Å². The van der Waals surface area contributed by atoms with E-state index in [1.54, 1.807) is 0 Å². The molecule has 4 heteroatoms. The molecule has 0 aliphatic carbocycles. The number of nitrogens with one attached hydrogen (secondary N) is 1. The molecule has 0 aromatic heterocycles. The Morgan fingerprint density at radius 1 is 1.05 bits per heavy atom. The molecule has 1 N–H and O–H groups in total. The van der Waals surface area contributed by atoms with Crippen molar-refractivity contribution in [2.75, 3.05) is 32.7 Å². The monoisotopic (exact) mass is 273 g/mol. The maximum absolute atomic E-state index is 12.0. The number of hydrogen-bond donors (Lipinski definition) is 1. The molecule has 1 aromatic rings. The van der Waals surface area contributed by atoms with E-state index in [0.717, 1.165) is 32.6 Å². The third kappa shape index (κ3) is 2.96. The second-order valence-electron chi connectivity index (χ2n) is 5.70. The van der Waals surface area contributed by atoms with Gasteiger partial charge < -0.3 is 10.2 Å². The first kappa shape index (κ1) is 13.4. The van der Waals surface area contributed by atoms with E-state index in [0.29, 0.717) is 12.6 Å². The van der Waals surface area contributed by atoms with Gasteiger partial charge in [-0.15, -0.1) is 0 Å². The molecule has 4 nitrogen and oxygen atoms in total. The molecule has 0 saturated carbocycles. The van der Waals surface area contributed by atoms with Crippen molar-refractivity contribution >= 4 is 6.03 Å². The predicted octanol–water partition coefficient (Wildman–Crippen LogP) is 2.24. The predicted molar refractivity (Wildman–Crippen MR) is 79.6 cm³/mol. The Morgan fingerprint density at radius 3 is 2.35 bits per heavy atom. The van der Waals surface area contributed by atoms with Gasteiger partial charge in [0.2, 0.25) is 0 Å². The topological polar surface area (TPSA) is 35.6 Å². The number of amides is 2. The lowest BCUT2D eigenvalue weighted by molar-refractivity contribution is 0.161. The molecule has 3 rings (SSSR count). The van der Waals surface area contributed by atoms with Gasteiger partial charge >= 0.3 is 6.03 Å². The van der Waals surface area contributed by atoms with Gasteiger partial charge in [0.05, 0.1) is 6.04 Å². The van der Waals surface area contributed by atoms with Crippen molar-refractivity contribution in [2.45, 2.75) is 25.3 Å². The van der Waals surface area contributed by atoms with Crippen LogP contribution in [0.1, 0.15) is 30.9 Å². The molecule has 0 radical (unpaired) electrons. The highest BCUT2D eigenvalue weighted by molar-refractivity contribution is 5.74. The van der Waals surface area contributed by atoms with E-state index in [-0.39, 0.29) is 6.03 Å². The van der Waals surface area contributed by atoms with Gasteiger partial charge in [0, 0.05) is 19.6 Å². The lowest BCUT2D eigenvalue weighted by Crippen LogP contribution is -2.49. The number of nitrogens with zero attached hydrogens (tertiary/aromatic N) is 2. The molecule has 2 aliphatic heterocycles. The summed E-state index contributed by atoms with van der Waals surface area (Å²) in [6.45, 7) is 4.80. The Bertz CT molecular complexity index is 438. The van der Waals surface area contributed by atoms with Gasteiger partial charge in [-0.2, -0.15) is 0 Å². The van der Waals surface area contributed by atoms with Crippen LogP contribution in [0.4, 0.5) is 4.79 Å². The van der Waals surface area contributed by atoms with E-state index in [1.807, 2.05) is 11.0 Å². The average Bonchev–Trinajstić information content (AvgIpc) is 2.92. The molecule has 2 aliphatic rings. The van der Waals surface area contributed by atoms with Crippen LogP contribution in [0.15, 0.2) is 30.3 Å². The van der Waals surface area contributed by atoms with Gasteiger partial charge in [-0.05, 0) is 37.9 Å². The number of urea groups is 1. The number of benzene rings is 1. The normalized spacial score (nSPS) is 20.5. The summed E-state index contributed by atoms with van der Waals surface area (Å²) in [5, 5.41) is 3.11. The van der Waals surface area contributed by atoms with Gasteiger partial charge in [-0.25, -0.2) is 4.79 Å². The number of carbonyl (C=O) groups is 1. The first-order chi connectivity index (χ1) is 9.84. The van der Waals surface area contributed by atoms with Crippen molar-refractivity contribution in [3.63, 3.8) is 0 Å². The Labute approximate surface area is 120 Å². The fourth-order valence-electron chi connectivity index (χ4n) is 3.00. The van der Waals surface area contributed by atoms with Crippen LogP contribution in [0.25, 0.3) is 0 Å². The molecular formula is C16H23N3O. The SMILES string of the molecule is O=C(NCC(c1ccccc1)N1CCCC1)N1CCC1. The first-order valence-electron chi connectivity index (χ1n) is 7.66. The second-order valence-corrected chi connectivity index (χ2v) is 5.70. The highest BCUT2D eigenvalue weighted by Gasteiger charge is 2.25. The Balaban J connectivity index is 1.64. The smallest absolute Gasteiger partial charge is 0.317 e.